The molecule has 2 aliphatic rings. The first-order valence-electron chi connectivity index (χ1n) is 6.35. The van der Waals surface area contributed by atoms with E-state index < -0.39 is 0 Å². The van der Waals surface area contributed by atoms with Crippen LogP contribution in [-0.4, -0.2) is 23.3 Å². The lowest BCUT2D eigenvalue weighted by Gasteiger charge is -2.44. The number of nitrogens with zero attached hydrogens (tertiary/aromatic N) is 1. The Morgan fingerprint density at radius 1 is 1.12 bits per heavy atom. The summed E-state index contributed by atoms with van der Waals surface area (Å²) in [4.78, 5) is 24.6. The summed E-state index contributed by atoms with van der Waals surface area (Å²) in [6.45, 7) is 7.32. The summed E-state index contributed by atoms with van der Waals surface area (Å²) >= 11 is 0. The molecule has 1 atom stereocenters. The van der Waals surface area contributed by atoms with Crippen molar-refractivity contribution < 1.29 is 9.59 Å². The number of hydrogen-bond acceptors (Lipinski definition) is 2. The minimum Gasteiger partial charge on any atom is -0.275 e. The minimum absolute atomic E-state index is 0.0824. The smallest absolute Gasteiger partial charge is 0.253 e. The number of rotatable bonds is 2. The fourth-order valence-corrected chi connectivity index (χ4v) is 3.43. The van der Waals surface area contributed by atoms with Gasteiger partial charge in [-0.25, -0.2) is 0 Å². The average molecular weight is 235 g/mol. The van der Waals surface area contributed by atoms with Crippen LogP contribution in [0.1, 0.15) is 46.5 Å². The summed E-state index contributed by atoms with van der Waals surface area (Å²) in [7, 11) is 0. The van der Waals surface area contributed by atoms with E-state index in [4.69, 9.17) is 0 Å². The monoisotopic (exact) mass is 235 g/mol. The Morgan fingerprint density at radius 2 is 1.71 bits per heavy atom. The molecule has 1 saturated carbocycles. The van der Waals surface area contributed by atoms with Gasteiger partial charge in [-0.05, 0) is 30.1 Å². The molecule has 1 aliphatic heterocycles. The van der Waals surface area contributed by atoms with Crippen LogP contribution in [0.25, 0.3) is 0 Å². The molecule has 3 heteroatoms. The van der Waals surface area contributed by atoms with E-state index in [2.05, 4.69) is 20.8 Å². The molecule has 2 rings (SSSR count). The van der Waals surface area contributed by atoms with Crippen LogP contribution in [-0.2, 0) is 9.59 Å². The fraction of sp³-hybridized carbons (Fsp3) is 0.714. The van der Waals surface area contributed by atoms with Gasteiger partial charge in [0.05, 0.1) is 0 Å². The van der Waals surface area contributed by atoms with Crippen molar-refractivity contribution in [2.75, 3.05) is 6.54 Å². The van der Waals surface area contributed by atoms with E-state index in [9.17, 15) is 9.59 Å². The normalized spacial score (nSPS) is 32.3. The van der Waals surface area contributed by atoms with Crippen molar-refractivity contribution >= 4 is 11.8 Å². The molecular weight excluding hydrogens is 214 g/mol. The third-order valence-electron chi connectivity index (χ3n) is 3.98. The van der Waals surface area contributed by atoms with Gasteiger partial charge in [-0.2, -0.15) is 0 Å². The molecule has 0 aromatic heterocycles. The Kier molecular flexibility index (Phi) is 2.88. The molecule has 0 radical (unpaired) electrons. The van der Waals surface area contributed by atoms with Crippen LogP contribution in [0.15, 0.2) is 12.2 Å². The average Bonchev–Trinajstić information content (AvgIpc) is 2.47. The van der Waals surface area contributed by atoms with Crippen LogP contribution >= 0.6 is 0 Å². The second-order valence-electron chi connectivity index (χ2n) is 6.60. The van der Waals surface area contributed by atoms with Gasteiger partial charge in [-0.3, -0.25) is 14.5 Å². The Morgan fingerprint density at radius 3 is 2.24 bits per heavy atom. The van der Waals surface area contributed by atoms with Gasteiger partial charge in [0.25, 0.3) is 11.8 Å². The van der Waals surface area contributed by atoms with Crippen molar-refractivity contribution in [1.82, 2.24) is 4.90 Å². The number of imide groups is 1. The van der Waals surface area contributed by atoms with E-state index in [1.807, 2.05) is 0 Å². The SMILES string of the molecule is CC1(C)CCCC(C)(CN2C(=O)C=CC2=O)C1. The third kappa shape index (κ3) is 2.59. The van der Waals surface area contributed by atoms with Crippen LogP contribution in [0.3, 0.4) is 0 Å². The molecule has 1 aliphatic carbocycles. The van der Waals surface area contributed by atoms with E-state index in [-0.39, 0.29) is 17.2 Å². The standard InChI is InChI=1S/C14H21NO2/c1-13(2)7-4-8-14(3,9-13)10-15-11(16)5-6-12(15)17/h5-6H,4,7-10H2,1-3H3. The highest BCUT2D eigenvalue weighted by Gasteiger charge is 2.40. The van der Waals surface area contributed by atoms with Gasteiger partial charge in [0.15, 0.2) is 0 Å². The van der Waals surface area contributed by atoms with Crippen LogP contribution in [0, 0.1) is 10.8 Å². The lowest BCUT2D eigenvalue weighted by atomic mass is 9.64. The second-order valence-corrected chi connectivity index (χ2v) is 6.60. The molecule has 0 aromatic carbocycles. The summed E-state index contributed by atoms with van der Waals surface area (Å²) in [5.41, 5.74) is 0.408. The molecule has 1 heterocycles. The van der Waals surface area contributed by atoms with Gasteiger partial charge in [-0.15, -0.1) is 0 Å². The van der Waals surface area contributed by atoms with Crippen molar-refractivity contribution in [3.05, 3.63) is 12.2 Å². The molecule has 0 saturated heterocycles. The first-order chi connectivity index (χ1) is 7.81. The molecule has 17 heavy (non-hydrogen) atoms. The maximum atomic E-state index is 11.6. The van der Waals surface area contributed by atoms with Crippen LogP contribution < -0.4 is 0 Å². The van der Waals surface area contributed by atoms with Crippen LogP contribution in [0.5, 0.6) is 0 Å². The lowest BCUT2D eigenvalue weighted by molar-refractivity contribution is -0.139. The molecule has 0 spiro atoms. The van der Waals surface area contributed by atoms with Gasteiger partial charge in [0.2, 0.25) is 0 Å². The highest BCUT2D eigenvalue weighted by molar-refractivity contribution is 6.12. The van der Waals surface area contributed by atoms with Crippen LogP contribution in [0.2, 0.25) is 0 Å². The molecule has 2 amide bonds. The molecule has 0 N–H and O–H groups in total. The summed E-state index contributed by atoms with van der Waals surface area (Å²) in [5.74, 6) is -0.306. The number of carbonyl (C=O) groups excluding carboxylic acids is 2. The number of hydrogen-bond donors (Lipinski definition) is 0. The summed E-state index contributed by atoms with van der Waals surface area (Å²) < 4.78 is 0. The predicted octanol–water partition coefficient (Wildman–Crippen LogP) is 2.52. The summed E-state index contributed by atoms with van der Waals surface area (Å²) in [6, 6.07) is 0. The van der Waals surface area contributed by atoms with Gasteiger partial charge in [0.1, 0.15) is 0 Å². The predicted molar refractivity (Wildman–Crippen MR) is 66.2 cm³/mol. The molecule has 1 fully saturated rings. The van der Waals surface area contributed by atoms with E-state index in [1.54, 1.807) is 0 Å². The van der Waals surface area contributed by atoms with Crippen molar-refractivity contribution in [3.8, 4) is 0 Å². The van der Waals surface area contributed by atoms with E-state index in [1.165, 1.54) is 29.9 Å². The molecule has 0 bridgehead atoms. The largest absolute Gasteiger partial charge is 0.275 e. The number of amides is 2. The van der Waals surface area contributed by atoms with Crippen molar-refractivity contribution in [2.24, 2.45) is 10.8 Å². The Hall–Kier alpha value is -1.12. The van der Waals surface area contributed by atoms with Gasteiger partial charge < -0.3 is 0 Å². The van der Waals surface area contributed by atoms with E-state index in [0.717, 1.165) is 12.8 Å². The fourth-order valence-electron chi connectivity index (χ4n) is 3.43. The van der Waals surface area contributed by atoms with Crippen molar-refractivity contribution in [2.45, 2.75) is 46.5 Å². The minimum atomic E-state index is -0.153. The molecular formula is C14H21NO2. The summed E-state index contributed by atoms with van der Waals surface area (Å²) in [6.07, 6.45) is 7.36. The zero-order chi connectivity index (χ0) is 12.7. The van der Waals surface area contributed by atoms with Gasteiger partial charge in [-0.1, -0.05) is 27.2 Å². The maximum absolute atomic E-state index is 11.6. The Balaban J connectivity index is 2.07. The second kappa shape index (κ2) is 3.97. The molecule has 1 unspecified atom stereocenters. The highest BCUT2D eigenvalue weighted by Crippen LogP contribution is 2.46. The first-order valence-corrected chi connectivity index (χ1v) is 6.35. The molecule has 3 nitrogen and oxygen atoms in total. The highest BCUT2D eigenvalue weighted by atomic mass is 16.2. The molecule has 0 aromatic rings. The first kappa shape index (κ1) is 12.3. The number of carbonyl (C=O) groups is 2. The molecule has 94 valence electrons. The van der Waals surface area contributed by atoms with Gasteiger partial charge in [0, 0.05) is 18.7 Å². The van der Waals surface area contributed by atoms with Crippen LogP contribution in [0.4, 0.5) is 0 Å². The van der Waals surface area contributed by atoms with Crippen molar-refractivity contribution in [3.63, 3.8) is 0 Å². The van der Waals surface area contributed by atoms with Crippen molar-refractivity contribution in [1.29, 1.82) is 0 Å². The van der Waals surface area contributed by atoms with E-state index >= 15 is 0 Å². The zero-order valence-corrected chi connectivity index (χ0v) is 11.0. The van der Waals surface area contributed by atoms with Gasteiger partial charge >= 0.3 is 0 Å². The zero-order valence-electron chi connectivity index (χ0n) is 11.0. The quantitative estimate of drug-likeness (QED) is 0.690. The topological polar surface area (TPSA) is 37.4 Å². The summed E-state index contributed by atoms with van der Waals surface area (Å²) in [5, 5.41) is 0. The third-order valence-corrected chi connectivity index (χ3v) is 3.98. The Bertz CT molecular complexity index is 366. The maximum Gasteiger partial charge on any atom is 0.253 e. The van der Waals surface area contributed by atoms with E-state index in [0.29, 0.717) is 12.0 Å². The Labute approximate surface area is 103 Å². The lowest BCUT2D eigenvalue weighted by Crippen LogP contribution is -2.43.